The van der Waals surface area contributed by atoms with Crippen molar-refractivity contribution in [3.05, 3.63) is 146 Å². The smallest absolute Gasteiger partial charge is 0.147 e. The Balaban J connectivity index is 1.33. The molecule has 3 aromatic heterocycles. The number of para-hydroxylation sites is 3. The zero-order chi connectivity index (χ0) is 30.6. The first-order valence-corrected chi connectivity index (χ1v) is 15.9. The van der Waals surface area contributed by atoms with Crippen LogP contribution >= 0.6 is 0 Å². The van der Waals surface area contributed by atoms with Gasteiger partial charge < -0.3 is 13.3 Å². The molecule has 8 aromatic carbocycles. The van der Waals surface area contributed by atoms with Crippen LogP contribution < -0.4 is 0 Å². The Morgan fingerprint density at radius 3 is 1.19 bits per heavy atom. The Hall–Kier alpha value is -6.32. The summed E-state index contributed by atoms with van der Waals surface area (Å²) in [5.74, 6) is 0. The second-order valence-electron chi connectivity index (χ2n) is 12.4. The van der Waals surface area contributed by atoms with Gasteiger partial charge in [-0.2, -0.15) is 0 Å². The second-order valence-corrected chi connectivity index (χ2v) is 12.4. The zero-order valence-electron chi connectivity index (χ0n) is 25.1. The topological polar surface area (TPSA) is 39.4 Å². The average Bonchev–Trinajstić information content (AvgIpc) is 3.81. The molecule has 11 rings (SSSR count). The number of furan rings is 3. The highest BCUT2D eigenvalue weighted by Gasteiger charge is 2.25. The molecule has 0 N–H and O–H groups in total. The quantitative estimate of drug-likeness (QED) is 0.185. The number of rotatable bonds is 2. The van der Waals surface area contributed by atoms with E-state index in [0.717, 1.165) is 93.3 Å². The van der Waals surface area contributed by atoms with Gasteiger partial charge in [0.2, 0.25) is 0 Å². The van der Waals surface area contributed by atoms with E-state index in [1.807, 2.05) is 36.4 Å². The molecular weight excluding hydrogens is 576 g/mol. The van der Waals surface area contributed by atoms with E-state index in [0.29, 0.717) is 0 Å². The van der Waals surface area contributed by atoms with Crippen LogP contribution in [0.1, 0.15) is 0 Å². The van der Waals surface area contributed by atoms with Gasteiger partial charge in [0, 0.05) is 37.9 Å². The highest BCUT2D eigenvalue weighted by atomic mass is 16.3. The Labute approximate surface area is 267 Å². The maximum absolute atomic E-state index is 6.76. The molecule has 0 aliphatic carbocycles. The standard InChI is InChI=1S/C44H24O3/c1-3-16-31-29(14-1)40(25-21-22-39-33(23-25)26-11-5-8-18-36(26)45-39)30-15-2-4-17-32(30)41(31)42-43-34(27-12-6-9-19-37(27)46-43)24-35-28-13-7-10-20-38(28)47-44(35)42/h1-24H. The number of fused-ring (bicyclic) bond motifs is 11. The molecule has 0 radical (unpaired) electrons. The Bertz CT molecular complexity index is 2930. The molecule has 0 aliphatic rings. The van der Waals surface area contributed by atoms with Gasteiger partial charge in [-0.25, -0.2) is 0 Å². The van der Waals surface area contributed by atoms with E-state index in [1.165, 1.54) is 16.3 Å². The van der Waals surface area contributed by atoms with E-state index >= 15 is 0 Å². The van der Waals surface area contributed by atoms with Crippen LogP contribution in [0.3, 0.4) is 0 Å². The first kappa shape index (κ1) is 24.9. The maximum atomic E-state index is 6.76. The van der Waals surface area contributed by atoms with Crippen LogP contribution in [0.5, 0.6) is 0 Å². The summed E-state index contributed by atoms with van der Waals surface area (Å²) in [6, 6.07) is 51.2. The van der Waals surface area contributed by atoms with Gasteiger partial charge in [0.05, 0.1) is 5.56 Å². The van der Waals surface area contributed by atoms with E-state index in [1.54, 1.807) is 0 Å². The van der Waals surface area contributed by atoms with Gasteiger partial charge >= 0.3 is 0 Å². The number of hydrogen-bond donors (Lipinski definition) is 0. The van der Waals surface area contributed by atoms with Gasteiger partial charge in [-0.15, -0.1) is 0 Å². The summed E-state index contributed by atoms with van der Waals surface area (Å²) < 4.78 is 19.7. The minimum absolute atomic E-state index is 0.840. The van der Waals surface area contributed by atoms with Gasteiger partial charge in [-0.3, -0.25) is 0 Å². The lowest BCUT2D eigenvalue weighted by Crippen LogP contribution is -1.91. The minimum Gasteiger partial charge on any atom is -0.456 e. The molecule has 0 bridgehead atoms. The third-order valence-electron chi connectivity index (χ3n) is 9.86. The second kappa shape index (κ2) is 9.12. The highest BCUT2D eigenvalue weighted by Crippen LogP contribution is 2.50. The molecule has 47 heavy (non-hydrogen) atoms. The zero-order valence-corrected chi connectivity index (χ0v) is 25.1. The summed E-state index contributed by atoms with van der Waals surface area (Å²) >= 11 is 0. The summed E-state index contributed by atoms with van der Waals surface area (Å²) in [6.45, 7) is 0. The summed E-state index contributed by atoms with van der Waals surface area (Å²) in [5.41, 5.74) is 9.66. The van der Waals surface area contributed by atoms with Crippen LogP contribution in [0.2, 0.25) is 0 Å². The Kier molecular flexibility index (Phi) is 4.84. The molecule has 0 saturated carbocycles. The molecule has 0 atom stereocenters. The largest absolute Gasteiger partial charge is 0.456 e. The average molecular weight is 601 g/mol. The molecular formula is C44H24O3. The monoisotopic (exact) mass is 600 g/mol. The molecule has 0 amide bonds. The lowest BCUT2D eigenvalue weighted by molar-refractivity contribution is 0.658. The van der Waals surface area contributed by atoms with Crippen molar-refractivity contribution < 1.29 is 13.3 Å². The first-order chi connectivity index (χ1) is 23.3. The number of hydrogen-bond acceptors (Lipinski definition) is 3. The van der Waals surface area contributed by atoms with E-state index in [4.69, 9.17) is 13.3 Å². The highest BCUT2D eigenvalue weighted by molar-refractivity contribution is 6.30. The van der Waals surface area contributed by atoms with Gasteiger partial charge in [-0.05, 0) is 69.1 Å². The summed E-state index contributed by atoms with van der Waals surface area (Å²) in [7, 11) is 0. The van der Waals surface area contributed by atoms with E-state index in [9.17, 15) is 0 Å². The molecule has 3 nitrogen and oxygen atoms in total. The molecule has 0 aliphatic heterocycles. The van der Waals surface area contributed by atoms with Gasteiger partial charge in [0.15, 0.2) is 0 Å². The third kappa shape index (κ3) is 3.35. The number of benzene rings is 8. The van der Waals surface area contributed by atoms with Crippen LogP contribution in [-0.2, 0) is 0 Å². The third-order valence-corrected chi connectivity index (χ3v) is 9.86. The van der Waals surface area contributed by atoms with Crippen LogP contribution in [0.25, 0.3) is 110 Å². The van der Waals surface area contributed by atoms with Crippen LogP contribution in [0.15, 0.2) is 159 Å². The molecule has 0 fully saturated rings. The van der Waals surface area contributed by atoms with Crippen molar-refractivity contribution in [1.29, 1.82) is 0 Å². The van der Waals surface area contributed by atoms with Crippen molar-refractivity contribution in [2.45, 2.75) is 0 Å². The molecule has 0 unspecified atom stereocenters. The fraction of sp³-hybridized carbons (Fsp3) is 0. The minimum atomic E-state index is 0.840. The van der Waals surface area contributed by atoms with Gasteiger partial charge in [0.25, 0.3) is 0 Å². The van der Waals surface area contributed by atoms with Crippen molar-refractivity contribution in [1.82, 2.24) is 0 Å². The summed E-state index contributed by atoms with van der Waals surface area (Å²) in [5, 5.41) is 11.2. The molecule has 11 aromatic rings. The van der Waals surface area contributed by atoms with Crippen LogP contribution in [0.4, 0.5) is 0 Å². The summed E-state index contributed by atoms with van der Waals surface area (Å²) in [4.78, 5) is 0. The van der Waals surface area contributed by atoms with Crippen LogP contribution in [-0.4, -0.2) is 0 Å². The Morgan fingerprint density at radius 2 is 0.660 bits per heavy atom. The molecule has 0 spiro atoms. The fourth-order valence-corrected chi connectivity index (χ4v) is 7.85. The fourth-order valence-electron chi connectivity index (χ4n) is 7.85. The predicted octanol–water partition coefficient (Wildman–Crippen LogP) is 13.0. The van der Waals surface area contributed by atoms with Gasteiger partial charge in [0.1, 0.15) is 33.5 Å². The molecule has 3 heterocycles. The molecule has 218 valence electrons. The van der Waals surface area contributed by atoms with E-state index in [2.05, 4.69) is 109 Å². The normalized spacial score (nSPS) is 12.3. The van der Waals surface area contributed by atoms with Crippen molar-refractivity contribution in [2.75, 3.05) is 0 Å². The lowest BCUT2D eigenvalue weighted by atomic mass is 9.85. The van der Waals surface area contributed by atoms with Crippen molar-refractivity contribution in [2.24, 2.45) is 0 Å². The SMILES string of the molecule is c1ccc2c(c1)oc1ccc(-c3c4ccccc4c(-c4c5oc6ccccc6c5cc5c4oc4ccccc45)c4ccccc34)cc12. The van der Waals surface area contributed by atoms with Crippen molar-refractivity contribution >= 4 is 87.4 Å². The van der Waals surface area contributed by atoms with E-state index in [-0.39, 0.29) is 0 Å². The van der Waals surface area contributed by atoms with Crippen molar-refractivity contribution in [3.63, 3.8) is 0 Å². The van der Waals surface area contributed by atoms with Crippen molar-refractivity contribution in [3.8, 4) is 22.3 Å². The Morgan fingerprint density at radius 1 is 0.255 bits per heavy atom. The van der Waals surface area contributed by atoms with E-state index < -0.39 is 0 Å². The van der Waals surface area contributed by atoms with Crippen LogP contribution in [0, 0.1) is 0 Å². The lowest BCUT2D eigenvalue weighted by Gasteiger charge is -2.18. The molecule has 0 saturated heterocycles. The first-order valence-electron chi connectivity index (χ1n) is 15.9. The molecule has 3 heteroatoms. The van der Waals surface area contributed by atoms with Gasteiger partial charge in [-0.1, -0.05) is 109 Å². The predicted molar refractivity (Wildman–Crippen MR) is 194 cm³/mol. The summed E-state index contributed by atoms with van der Waals surface area (Å²) in [6.07, 6.45) is 0. The maximum Gasteiger partial charge on any atom is 0.147 e.